The van der Waals surface area contributed by atoms with Crippen molar-refractivity contribution in [3.05, 3.63) is 65.7 Å². The van der Waals surface area contributed by atoms with Crippen LogP contribution in [0.15, 0.2) is 59.6 Å². The molecule has 36 heavy (non-hydrogen) atoms. The van der Waals surface area contributed by atoms with Crippen LogP contribution in [0.5, 0.6) is 0 Å². The van der Waals surface area contributed by atoms with Crippen molar-refractivity contribution in [2.24, 2.45) is 10.9 Å². The molecule has 1 saturated heterocycles. The molecule has 1 aliphatic heterocycles. The Bertz CT molecular complexity index is 1050. The quantitative estimate of drug-likeness (QED) is 0.320. The van der Waals surface area contributed by atoms with Crippen molar-refractivity contribution in [2.45, 2.75) is 62.8 Å². The lowest BCUT2D eigenvalue weighted by atomic mass is 9.82. The Morgan fingerprint density at radius 1 is 1.11 bits per heavy atom. The summed E-state index contributed by atoms with van der Waals surface area (Å²) >= 11 is 0. The van der Waals surface area contributed by atoms with Crippen LogP contribution in [-0.2, 0) is 9.53 Å². The van der Waals surface area contributed by atoms with E-state index in [1.54, 1.807) is 0 Å². The summed E-state index contributed by atoms with van der Waals surface area (Å²) in [7, 11) is 3.14. The molecule has 1 aliphatic carbocycles. The Morgan fingerprint density at radius 2 is 1.78 bits per heavy atom. The molecule has 6 nitrogen and oxygen atoms in total. The predicted octanol–water partition coefficient (Wildman–Crippen LogP) is 4.40. The zero-order chi connectivity index (χ0) is 25.7. The molecule has 2 N–H and O–H groups in total. The van der Waals surface area contributed by atoms with Gasteiger partial charge < -0.3 is 20.1 Å². The number of para-hydroxylation sites is 1. The van der Waals surface area contributed by atoms with Gasteiger partial charge in [0.05, 0.1) is 18.9 Å². The zero-order valence-electron chi connectivity index (χ0n) is 20.9. The van der Waals surface area contributed by atoms with Crippen molar-refractivity contribution in [3.8, 4) is 0 Å². The van der Waals surface area contributed by atoms with Gasteiger partial charge in [0.15, 0.2) is 6.04 Å². The van der Waals surface area contributed by atoms with Crippen LogP contribution in [0.3, 0.4) is 0 Å². The normalized spacial score (nSPS) is 22.1. The van der Waals surface area contributed by atoms with Crippen LogP contribution in [0.2, 0.25) is 0 Å². The summed E-state index contributed by atoms with van der Waals surface area (Å²) in [6.07, 6.45) is 1.02. The molecule has 1 saturated carbocycles. The molecule has 2 aromatic rings. The van der Waals surface area contributed by atoms with Crippen molar-refractivity contribution in [1.82, 2.24) is 5.32 Å². The Kier molecular flexibility index (Phi) is 8.36. The number of alkyl halides is 2. The summed E-state index contributed by atoms with van der Waals surface area (Å²) in [5.41, 5.74) is 2.87. The number of likely N-dealkylation sites (N-methyl/N-ethyl adjacent to an activating group) is 1. The molecule has 8 heteroatoms. The molecular formula is C28H35F2N3O3. The highest BCUT2D eigenvalue weighted by molar-refractivity contribution is 6.16. The number of ether oxygens (including phenoxy) is 1. The number of aliphatic hydroxyl groups excluding tert-OH is 1. The number of carbonyl (C=O) groups excluding carboxylic acids is 1. The third kappa shape index (κ3) is 5.93. The topological polar surface area (TPSA) is 74.2 Å². The number of carbonyl (C=O) groups is 1. The first kappa shape index (κ1) is 26.2. The third-order valence-electron chi connectivity index (χ3n) is 7.36. The molecule has 3 unspecified atom stereocenters. The summed E-state index contributed by atoms with van der Waals surface area (Å²) in [5.74, 6) is -3.57. The van der Waals surface area contributed by atoms with Gasteiger partial charge in [-0.3, -0.25) is 4.99 Å². The van der Waals surface area contributed by atoms with Gasteiger partial charge >= 0.3 is 5.97 Å². The second-order valence-corrected chi connectivity index (χ2v) is 9.75. The highest BCUT2D eigenvalue weighted by atomic mass is 19.3. The molecule has 2 aromatic carbocycles. The number of hydrogen-bond donors (Lipinski definition) is 2. The smallest absolute Gasteiger partial charge is 0.330 e. The van der Waals surface area contributed by atoms with Crippen molar-refractivity contribution in [3.63, 3.8) is 0 Å². The van der Waals surface area contributed by atoms with Crippen LogP contribution in [0.4, 0.5) is 14.5 Å². The first-order chi connectivity index (χ1) is 17.3. The van der Waals surface area contributed by atoms with Gasteiger partial charge in [0.1, 0.15) is 6.23 Å². The second kappa shape index (κ2) is 11.5. The maximum atomic E-state index is 13.9. The number of aliphatic imine (C=N–C) groups is 1. The lowest BCUT2D eigenvalue weighted by Crippen LogP contribution is -2.46. The molecule has 0 radical (unpaired) electrons. The summed E-state index contributed by atoms with van der Waals surface area (Å²) in [6, 6.07) is 16.2. The molecule has 3 atom stereocenters. The molecule has 0 amide bonds. The minimum absolute atomic E-state index is 0.0492. The number of hydrogen-bond acceptors (Lipinski definition) is 6. The number of aliphatic hydroxyl groups is 1. The standard InChI is InChI=1S/C28H35F2N3O3/c1-33(26(34)22-12-8-18-31-22)23-13-7-6-11-21(23)24(19-9-4-3-5-10-19)32-25(27(35)36-2)20-14-16-28(29,30)17-15-20/h3-7,9-11,13,20,22,25-26,31,34H,8,12,14-18H2,1-2H3/b32-24+. The van der Waals surface area contributed by atoms with Gasteiger partial charge in [0, 0.05) is 36.7 Å². The van der Waals surface area contributed by atoms with Crippen molar-refractivity contribution in [1.29, 1.82) is 0 Å². The Balaban J connectivity index is 1.77. The average molecular weight is 500 g/mol. The van der Waals surface area contributed by atoms with Gasteiger partial charge in [-0.15, -0.1) is 0 Å². The molecule has 0 bridgehead atoms. The molecule has 2 fully saturated rings. The van der Waals surface area contributed by atoms with Crippen LogP contribution < -0.4 is 10.2 Å². The summed E-state index contributed by atoms with van der Waals surface area (Å²) in [5, 5.41) is 14.4. The Morgan fingerprint density at radius 3 is 2.42 bits per heavy atom. The fraction of sp³-hybridized carbons (Fsp3) is 0.500. The zero-order valence-corrected chi connectivity index (χ0v) is 20.9. The minimum atomic E-state index is -2.71. The van der Waals surface area contributed by atoms with E-state index in [-0.39, 0.29) is 37.6 Å². The summed E-state index contributed by atoms with van der Waals surface area (Å²) in [6.45, 7) is 0.870. The van der Waals surface area contributed by atoms with Gasteiger partial charge in [-0.25, -0.2) is 13.6 Å². The first-order valence-electron chi connectivity index (χ1n) is 12.6. The van der Waals surface area contributed by atoms with E-state index >= 15 is 0 Å². The highest BCUT2D eigenvalue weighted by Gasteiger charge is 2.40. The van der Waals surface area contributed by atoms with E-state index in [9.17, 15) is 18.7 Å². The number of methoxy groups -OCH3 is 1. The monoisotopic (exact) mass is 499 g/mol. The fourth-order valence-electron chi connectivity index (χ4n) is 5.24. The Labute approximate surface area is 211 Å². The van der Waals surface area contributed by atoms with E-state index in [2.05, 4.69) is 5.32 Å². The molecule has 0 aromatic heterocycles. The van der Waals surface area contributed by atoms with Gasteiger partial charge in [-0.2, -0.15) is 0 Å². The largest absolute Gasteiger partial charge is 0.467 e. The van der Waals surface area contributed by atoms with Crippen LogP contribution in [-0.4, -0.2) is 61.7 Å². The lowest BCUT2D eigenvalue weighted by Gasteiger charge is -2.33. The van der Waals surface area contributed by atoms with Gasteiger partial charge in [0.25, 0.3) is 0 Å². The number of nitrogens with zero attached hydrogens (tertiary/aromatic N) is 2. The average Bonchev–Trinajstić information content (AvgIpc) is 3.44. The van der Waals surface area contributed by atoms with Crippen LogP contribution in [0.1, 0.15) is 49.7 Å². The van der Waals surface area contributed by atoms with E-state index in [0.29, 0.717) is 5.71 Å². The van der Waals surface area contributed by atoms with E-state index in [4.69, 9.17) is 9.73 Å². The molecule has 4 rings (SSSR count). The number of nitrogens with one attached hydrogen (secondary N) is 1. The van der Waals surface area contributed by atoms with Crippen LogP contribution in [0, 0.1) is 5.92 Å². The van der Waals surface area contributed by atoms with E-state index in [1.165, 1.54) is 7.11 Å². The number of esters is 1. The summed E-state index contributed by atoms with van der Waals surface area (Å²) in [4.78, 5) is 19.7. The van der Waals surface area contributed by atoms with Crippen LogP contribution in [0.25, 0.3) is 0 Å². The van der Waals surface area contributed by atoms with Crippen molar-refractivity contribution >= 4 is 17.4 Å². The van der Waals surface area contributed by atoms with Gasteiger partial charge in [0.2, 0.25) is 5.92 Å². The molecular weight excluding hydrogens is 464 g/mol. The van der Waals surface area contributed by atoms with E-state index in [1.807, 2.05) is 66.5 Å². The van der Waals surface area contributed by atoms with E-state index < -0.39 is 24.2 Å². The maximum Gasteiger partial charge on any atom is 0.330 e. The minimum Gasteiger partial charge on any atom is -0.467 e. The van der Waals surface area contributed by atoms with Crippen LogP contribution >= 0.6 is 0 Å². The fourth-order valence-corrected chi connectivity index (χ4v) is 5.24. The molecule has 194 valence electrons. The van der Waals surface area contributed by atoms with Crippen molar-refractivity contribution in [2.75, 3.05) is 25.6 Å². The summed E-state index contributed by atoms with van der Waals surface area (Å²) < 4.78 is 32.8. The number of anilines is 1. The molecule has 2 aliphatic rings. The number of rotatable bonds is 8. The first-order valence-corrected chi connectivity index (χ1v) is 12.6. The second-order valence-electron chi connectivity index (χ2n) is 9.75. The van der Waals surface area contributed by atoms with Gasteiger partial charge in [-0.1, -0.05) is 48.5 Å². The number of benzene rings is 2. The Hall–Kier alpha value is -2.84. The third-order valence-corrected chi connectivity index (χ3v) is 7.36. The molecule has 1 heterocycles. The van der Waals surface area contributed by atoms with E-state index in [0.717, 1.165) is 36.2 Å². The highest BCUT2D eigenvalue weighted by Crippen LogP contribution is 2.39. The van der Waals surface area contributed by atoms with Crippen molar-refractivity contribution < 1.29 is 23.4 Å². The lowest BCUT2D eigenvalue weighted by molar-refractivity contribution is -0.144. The SMILES string of the molecule is COC(=O)C(/N=C(\c1ccccc1)c1ccccc1N(C)C(O)C1CCCN1)C1CCC(F)(F)CC1. The molecule has 0 spiro atoms. The number of halogens is 2. The van der Waals surface area contributed by atoms with Gasteiger partial charge in [-0.05, 0) is 44.2 Å². The predicted molar refractivity (Wildman–Crippen MR) is 137 cm³/mol. The maximum absolute atomic E-state index is 13.9.